The SMILES string of the molecule is COc1c(NN2CCN(N)CC2)c(F)cc2c(=O)c(C(=O)O)cn(-c3ccc(F)cc3)c12. The zero-order valence-corrected chi connectivity index (χ0v) is 17.1. The largest absolute Gasteiger partial charge is 0.492 e. The molecule has 4 N–H and O–H groups in total. The van der Waals surface area contributed by atoms with E-state index in [1.165, 1.54) is 35.9 Å². The highest BCUT2D eigenvalue weighted by Crippen LogP contribution is 2.37. The molecule has 32 heavy (non-hydrogen) atoms. The van der Waals surface area contributed by atoms with Crippen LogP contribution in [0.2, 0.25) is 0 Å². The molecule has 9 nitrogen and oxygen atoms in total. The van der Waals surface area contributed by atoms with E-state index in [0.717, 1.165) is 12.3 Å². The standard InChI is InChI=1S/C21H21F2N5O4/c1-32-20-17(25-27-8-6-26(24)7-9-27)16(23)10-14-18(20)28(11-15(19(14)29)21(30)31)13-4-2-12(22)3-5-13/h2-5,10-11,25H,6-9,24H2,1H3,(H,30,31). The molecule has 0 bridgehead atoms. The highest BCUT2D eigenvalue weighted by Gasteiger charge is 2.25. The fraction of sp³-hybridized carbons (Fsp3) is 0.238. The van der Waals surface area contributed by atoms with E-state index in [0.29, 0.717) is 31.9 Å². The zero-order chi connectivity index (χ0) is 23.0. The van der Waals surface area contributed by atoms with Crippen LogP contribution in [-0.4, -0.2) is 58.9 Å². The van der Waals surface area contributed by atoms with Gasteiger partial charge in [-0.05, 0) is 30.3 Å². The van der Waals surface area contributed by atoms with Crippen LogP contribution in [0.1, 0.15) is 10.4 Å². The molecule has 0 radical (unpaired) electrons. The Morgan fingerprint density at radius 1 is 1.16 bits per heavy atom. The smallest absolute Gasteiger partial charge is 0.341 e. The summed E-state index contributed by atoms with van der Waals surface area (Å²) in [7, 11) is 1.32. The molecule has 1 aliphatic heterocycles. The number of carboxylic acids is 1. The van der Waals surface area contributed by atoms with E-state index < -0.39 is 28.6 Å². The Balaban J connectivity index is 1.98. The lowest BCUT2D eigenvalue weighted by atomic mass is 10.1. The van der Waals surface area contributed by atoms with Crippen LogP contribution in [0.5, 0.6) is 5.75 Å². The number of hydrogen-bond donors (Lipinski definition) is 3. The van der Waals surface area contributed by atoms with Crippen LogP contribution in [0.15, 0.2) is 41.3 Å². The number of hydrogen-bond acceptors (Lipinski definition) is 7. The van der Waals surface area contributed by atoms with Gasteiger partial charge in [-0.15, -0.1) is 0 Å². The fourth-order valence-corrected chi connectivity index (χ4v) is 3.68. The summed E-state index contributed by atoms with van der Waals surface area (Å²) in [5.74, 6) is 3.04. The summed E-state index contributed by atoms with van der Waals surface area (Å²) >= 11 is 0. The first-order chi connectivity index (χ1) is 15.3. The third kappa shape index (κ3) is 3.88. The number of hydrazine groups is 2. The van der Waals surface area contributed by atoms with Gasteiger partial charge in [-0.1, -0.05) is 0 Å². The molecule has 0 saturated carbocycles. The van der Waals surface area contributed by atoms with E-state index in [-0.39, 0.29) is 22.3 Å². The van der Waals surface area contributed by atoms with Gasteiger partial charge < -0.3 is 19.8 Å². The number of ether oxygens (including phenoxy) is 1. The second kappa shape index (κ2) is 8.54. The molecule has 0 atom stereocenters. The lowest BCUT2D eigenvalue weighted by Gasteiger charge is -2.33. The quantitative estimate of drug-likeness (QED) is 0.510. The minimum absolute atomic E-state index is 0.00791. The van der Waals surface area contributed by atoms with Crippen molar-refractivity contribution in [2.75, 3.05) is 38.7 Å². The van der Waals surface area contributed by atoms with E-state index in [4.69, 9.17) is 10.6 Å². The van der Waals surface area contributed by atoms with Crippen molar-refractivity contribution in [3.8, 4) is 11.4 Å². The van der Waals surface area contributed by atoms with Gasteiger partial charge in [-0.2, -0.15) is 0 Å². The van der Waals surface area contributed by atoms with Gasteiger partial charge in [-0.3, -0.25) is 10.6 Å². The number of nitrogens with two attached hydrogens (primary N) is 1. The number of fused-ring (bicyclic) bond motifs is 1. The third-order valence-corrected chi connectivity index (χ3v) is 5.32. The van der Waals surface area contributed by atoms with E-state index in [1.807, 2.05) is 0 Å². The van der Waals surface area contributed by atoms with Crippen LogP contribution in [0.25, 0.3) is 16.6 Å². The molecule has 168 valence electrons. The van der Waals surface area contributed by atoms with Crippen molar-refractivity contribution < 1.29 is 23.4 Å². The maximum Gasteiger partial charge on any atom is 0.341 e. The van der Waals surface area contributed by atoms with Crippen molar-refractivity contribution in [2.45, 2.75) is 0 Å². The molecule has 1 fully saturated rings. The average Bonchev–Trinajstić information content (AvgIpc) is 2.77. The molecule has 3 aromatic rings. The predicted molar refractivity (Wildman–Crippen MR) is 114 cm³/mol. The minimum atomic E-state index is -1.46. The number of methoxy groups -OCH3 is 1. The fourth-order valence-electron chi connectivity index (χ4n) is 3.68. The summed E-state index contributed by atoms with van der Waals surface area (Å²) < 4.78 is 35.5. The lowest BCUT2D eigenvalue weighted by molar-refractivity contribution is 0.0695. The number of aromatic carboxylic acids is 1. The van der Waals surface area contributed by atoms with Crippen LogP contribution in [0, 0.1) is 11.6 Å². The number of benzene rings is 2. The number of carbonyl (C=O) groups is 1. The second-order valence-electron chi connectivity index (χ2n) is 7.32. The van der Waals surface area contributed by atoms with Crippen LogP contribution < -0.4 is 21.4 Å². The normalized spacial score (nSPS) is 15.1. The first-order valence-corrected chi connectivity index (χ1v) is 9.76. The van der Waals surface area contributed by atoms with Crippen LogP contribution >= 0.6 is 0 Å². The molecule has 1 aliphatic rings. The Labute approximate surface area is 181 Å². The van der Waals surface area contributed by atoms with Crippen LogP contribution in [0.3, 0.4) is 0 Å². The van der Waals surface area contributed by atoms with Crippen molar-refractivity contribution >= 4 is 22.6 Å². The Hall–Kier alpha value is -3.54. The molecule has 0 spiro atoms. The summed E-state index contributed by atoms with van der Waals surface area (Å²) in [5.41, 5.74) is 2.08. The number of pyridine rings is 1. The number of halogens is 2. The number of nitrogens with zero attached hydrogens (tertiary/aromatic N) is 3. The molecule has 4 rings (SSSR count). The summed E-state index contributed by atoms with van der Waals surface area (Å²) in [6, 6.07) is 6.21. The van der Waals surface area contributed by atoms with E-state index in [1.54, 1.807) is 10.0 Å². The maximum absolute atomic E-state index is 15.1. The first kappa shape index (κ1) is 21.7. The molecule has 2 heterocycles. The lowest BCUT2D eigenvalue weighted by Crippen LogP contribution is -2.51. The summed E-state index contributed by atoms with van der Waals surface area (Å²) in [6.07, 6.45) is 1.12. The topological polar surface area (TPSA) is 113 Å². The van der Waals surface area contributed by atoms with E-state index in [9.17, 15) is 19.1 Å². The molecular weight excluding hydrogens is 424 g/mol. The van der Waals surface area contributed by atoms with Gasteiger partial charge >= 0.3 is 5.97 Å². The van der Waals surface area contributed by atoms with Gasteiger partial charge in [0.15, 0.2) is 11.6 Å². The van der Waals surface area contributed by atoms with Gasteiger partial charge in [0.25, 0.3) is 0 Å². The molecule has 0 aliphatic carbocycles. The van der Waals surface area contributed by atoms with Gasteiger partial charge in [0, 0.05) is 38.1 Å². The van der Waals surface area contributed by atoms with Gasteiger partial charge in [0.2, 0.25) is 5.43 Å². The van der Waals surface area contributed by atoms with Crippen molar-refractivity contribution in [2.24, 2.45) is 5.84 Å². The molecule has 0 amide bonds. The van der Waals surface area contributed by atoms with E-state index >= 15 is 4.39 Å². The number of piperazine rings is 1. The number of nitrogens with one attached hydrogen (secondary N) is 1. The van der Waals surface area contributed by atoms with Crippen molar-refractivity contribution in [3.63, 3.8) is 0 Å². The first-order valence-electron chi connectivity index (χ1n) is 9.76. The summed E-state index contributed by atoms with van der Waals surface area (Å²) in [5, 5.41) is 12.7. The van der Waals surface area contributed by atoms with Gasteiger partial charge in [0.05, 0.1) is 12.5 Å². The number of carboxylic acid groups (broad SMARTS) is 1. The van der Waals surface area contributed by atoms with Crippen LogP contribution in [-0.2, 0) is 0 Å². The molecule has 0 unspecified atom stereocenters. The highest BCUT2D eigenvalue weighted by atomic mass is 19.1. The molecule has 11 heteroatoms. The Morgan fingerprint density at radius 3 is 2.41 bits per heavy atom. The van der Waals surface area contributed by atoms with Crippen molar-refractivity contribution in [3.05, 3.63) is 63.9 Å². The zero-order valence-electron chi connectivity index (χ0n) is 17.1. The number of rotatable bonds is 5. The monoisotopic (exact) mass is 445 g/mol. The Kier molecular flexibility index (Phi) is 5.78. The summed E-state index contributed by atoms with van der Waals surface area (Å²) in [6.45, 7) is 2.15. The second-order valence-corrected chi connectivity index (χ2v) is 7.32. The van der Waals surface area contributed by atoms with Gasteiger partial charge in [0.1, 0.15) is 22.6 Å². The Bertz CT molecular complexity index is 1240. The molecule has 1 saturated heterocycles. The summed E-state index contributed by atoms with van der Waals surface area (Å²) in [4.78, 5) is 24.5. The minimum Gasteiger partial charge on any atom is -0.492 e. The number of aromatic nitrogens is 1. The maximum atomic E-state index is 15.1. The average molecular weight is 445 g/mol. The van der Waals surface area contributed by atoms with E-state index in [2.05, 4.69) is 5.43 Å². The predicted octanol–water partition coefficient (Wildman–Crippen LogP) is 1.79. The molecule has 2 aromatic carbocycles. The van der Waals surface area contributed by atoms with Crippen molar-refractivity contribution in [1.29, 1.82) is 0 Å². The number of anilines is 1. The molecular formula is C21H21F2N5O4. The highest BCUT2D eigenvalue weighted by molar-refractivity contribution is 5.97. The third-order valence-electron chi connectivity index (χ3n) is 5.32. The van der Waals surface area contributed by atoms with Gasteiger partial charge in [-0.25, -0.2) is 23.6 Å². The van der Waals surface area contributed by atoms with Crippen LogP contribution in [0.4, 0.5) is 14.5 Å². The van der Waals surface area contributed by atoms with Crippen molar-refractivity contribution in [1.82, 2.24) is 14.6 Å². The Morgan fingerprint density at radius 2 is 1.81 bits per heavy atom. The molecule has 1 aromatic heterocycles.